The highest BCUT2D eigenvalue weighted by molar-refractivity contribution is 5.78. The van der Waals surface area contributed by atoms with Gasteiger partial charge in [0.05, 0.1) is 0 Å². The summed E-state index contributed by atoms with van der Waals surface area (Å²) >= 11 is 0. The van der Waals surface area contributed by atoms with Crippen molar-refractivity contribution in [1.29, 1.82) is 0 Å². The molecule has 3 atom stereocenters. The van der Waals surface area contributed by atoms with Crippen LogP contribution in [0.4, 0.5) is 8.78 Å². The molecule has 1 saturated heterocycles. The van der Waals surface area contributed by atoms with Crippen molar-refractivity contribution in [2.75, 3.05) is 13.1 Å². The van der Waals surface area contributed by atoms with Gasteiger partial charge in [-0.3, -0.25) is 9.59 Å². The van der Waals surface area contributed by atoms with E-state index in [1.54, 1.807) is 4.90 Å². The molecule has 0 aromatic heterocycles. The van der Waals surface area contributed by atoms with Crippen molar-refractivity contribution >= 4 is 11.8 Å². The van der Waals surface area contributed by atoms with Crippen LogP contribution in [0.15, 0.2) is 12.1 Å². The van der Waals surface area contributed by atoms with Crippen LogP contribution in [0.1, 0.15) is 49.7 Å². The number of nitrogens with one attached hydrogen (secondary N) is 1. The van der Waals surface area contributed by atoms with E-state index in [0.29, 0.717) is 25.9 Å². The number of fused-ring (bicyclic) bond motifs is 1. The second-order valence-electron chi connectivity index (χ2n) is 7.30. The van der Waals surface area contributed by atoms with E-state index < -0.39 is 17.7 Å². The summed E-state index contributed by atoms with van der Waals surface area (Å²) < 4.78 is 27.0. The number of nitrogens with zero attached hydrogens (tertiary/aromatic N) is 1. The molecule has 0 radical (unpaired) electrons. The summed E-state index contributed by atoms with van der Waals surface area (Å²) in [4.78, 5) is 25.6. The summed E-state index contributed by atoms with van der Waals surface area (Å²) in [5.41, 5.74) is 7.79. The number of hydrogen-bond donors (Lipinski definition) is 2. The summed E-state index contributed by atoms with van der Waals surface area (Å²) in [5.74, 6) is -2.00. The number of aryl methyl sites for hydroxylation is 1. The topological polar surface area (TPSA) is 75.4 Å². The number of carbonyl (C=O) groups is 2. The Morgan fingerprint density at radius 2 is 2.04 bits per heavy atom. The molecule has 0 bridgehead atoms. The third-order valence-corrected chi connectivity index (χ3v) is 5.52. The SMILES string of the molecule is CC(=O)NCC1CCCN1C(=O)CC(N)C1CCc2cc(F)c(F)cc21. The molecule has 1 fully saturated rings. The van der Waals surface area contributed by atoms with Gasteiger partial charge in [0, 0.05) is 44.4 Å². The Bertz CT molecular complexity index is 710. The van der Waals surface area contributed by atoms with E-state index in [9.17, 15) is 18.4 Å². The molecule has 7 heteroatoms. The molecule has 2 amide bonds. The molecule has 3 N–H and O–H groups in total. The first kappa shape index (κ1) is 18.8. The van der Waals surface area contributed by atoms with Gasteiger partial charge in [0.25, 0.3) is 0 Å². The zero-order valence-corrected chi connectivity index (χ0v) is 14.9. The van der Waals surface area contributed by atoms with Crippen LogP contribution in [0.5, 0.6) is 0 Å². The monoisotopic (exact) mass is 365 g/mol. The molecule has 5 nitrogen and oxygen atoms in total. The maximum absolute atomic E-state index is 13.6. The number of nitrogens with two attached hydrogens (primary N) is 1. The Balaban J connectivity index is 1.64. The van der Waals surface area contributed by atoms with Gasteiger partial charge >= 0.3 is 0 Å². The number of rotatable bonds is 5. The Morgan fingerprint density at radius 1 is 1.31 bits per heavy atom. The summed E-state index contributed by atoms with van der Waals surface area (Å²) in [6.45, 7) is 2.57. The minimum atomic E-state index is -0.871. The van der Waals surface area contributed by atoms with Crippen LogP contribution in [-0.4, -0.2) is 41.9 Å². The summed E-state index contributed by atoms with van der Waals surface area (Å²) in [5, 5.41) is 2.76. The lowest BCUT2D eigenvalue weighted by atomic mass is 9.91. The van der Waals surface area contributed by atoms with Gasteiger partial charge in [-0.1, -0.05) is 0 Å². The fraction of sp³-hybridized carbons (Fsp3) is 0.579. The van der Waals surface area contributed by atoms with E-state index in [4.69, 9.17) is 5.73 Å². The molecule has 0 saturated carbocycles. The van der Waals surface area contributed by atoms with Crippen molar-refractivity contribution in [2.45, 2.75) is 57.0 Å². The molecule has 1 aliphatic heterocycles. The van der Waals surface area contributed by atoms with Crippen LogP contribution in [0.2, 0.25) is 0 Å². The second kappa shape index (κ2) is 7.70. The van der Waals surface area contributed by atoms with E-state index >= 15 is 0 Å². The summed E-state index contributed by atoms with van der Waals surface area (Å²) in [7, 11) is 0. The standard InChI is InChI=1S/C19H25F2N3O2/c1-11(25)23-10-13-3-2-6-24(13)19(26)9-18(22)14-5-4-12-7-16(20)17(21)8-15(12)14/h7-8,13-14,18H,2-6,9-10,22H2,1H3,(H,23,25). The van der Waals surface area contributed by atoms with Gasteiger partial charge in [-0.25, -0.2) is 8.78 Å². The van der Waals surface area contributed by atoms with Crippen LogP contribution >= 0.6 is 0 Å². The van der Waals surface area contributed by atoms with E-state index in [-0.39, 0.29) is 30.2 Å². The van der Waals surface area contributed by atoms with Gasteiger partial charge in [0.2, 0.25) is 11.8 Å². The molecule has 1 aromatic carbocycles. The van der Waals surface area contributed by atoms with Crippen molar-refractivity contribution in [3.63, 3.8) is 0 Å². The van der Waals surface area contributed by atoms with Crippen molar-refractivity contribution in [2.24, 2.45) is 5.73 Å². The first-order valence-electron chi connectivity index (χ1n) is 9.14. The summed E-state index contributed by atoms with van der Waals surface area (Å²) in [6, 6.07) is 2.03. The number of halogens is 2. The molecular weight excluding hydrogens is 340 g/mol. The van der Waals surface area contributed by atoms with E-state index in [2.05, 4.69) is 5.32 Å². The van der Waals surface area contributed by atoms with Gasteiger partial charge in [0.1, 0.15) is 0 Å². The van der Waals surface area contributed by atoms with Crippen molar-refractivity contribution < 1.29 is 18.4 Å². The van der Waals surface area contributed by atoms with E-state index in [1.165, 1.54) is 19.1 Å². The molecule has 0 spiro atoms. The fourth-order valence-electron chi connectivity index (χ4n) is 4.18. The number of amides is 2. The van der Waals surface area contributed by atoms with Crippen molar-refractivity contribution in [1.82, 2.24) is 10.2 Å². The molecule has 26 heavy (non-hydrogen) atoms. The molecule has 2 aliphatic rings. The van der Waals surface area contributed by atoms with Crippen LogP contribution in [0, 0.1) is 11.6 Å². The predicted molar refractivity (Wildman–Crippen MR) is 93.4 cm³/mol. The number of likely N-dealkylation sites (tertiary alicyclic amines) is 1. The molecule has 1 heterocycles. The van der Waals surface area contributed by atoms with E-state index in [1.807, 2.05) is 0 Å². The van der Waals surface area contributed by atoms with Gasteiger partial charge in [-0.15, -0.1) is 0 Å². The van der Waals surface area contributed by atoms with Gasteiger partial charge in [-0.05, 0) is 48.9 Å². The molecule has 1 aliphatic carbocycles. The van der Waals surface area contributed by atoms with Crippen LogP contribution < -0.4 is 11.1 Å². The lowest BCUT2D eigenvalue weighted by Gasteiger charge is -2.28. The van der Waals surface area contributed by atoms with Crippen molar-refractivity contribution in [3.8, 4) is 0 Å². The Labute approximate surface area is 151 Å². The Morgan fingerprint density at radius 3 is 2.77 bits per heavy atom. The molecule has 3 unspecified atom stereocenters. The summed E-state index contributed by atoms with van der Waals surface area (Å²) in [6.07, 6.45) is 3.27. The molecular formula is C19H25F2N3O2. The average Bonchev–Trinajstić information content (AvgIpc) is 3.20. The van der Waals surface area contributed by atoms with Crippen LogP contribution in [-0.2, 0) is 16.0 Å². The predicted octanol–water partition coefficient (Wildman–Crippen LogP) is 1.84. The fourth-order valence-corrected chi connectivity index (χ4v) is 4.18. The maximum atomic E-state index is 13.6. The lowest BCUT2D eigenvalue weighted by molar-refractivity contribution is -0.133. The normalized spacial score (nSPS) is 23.0. The van der Waals surface area contributed by atoms with Gasteiger partial charge in [0.15, 0.2) is 11.6 Å². The average molecular weight is 365 g/mol. The third kappa shape index (κ3) is 3.87. The highest BCUT2D eigenvalue weighted by Gasteiger charge is 2.34. The maximum Gasteiger partial charge on any atom is 0.224 e. The molecule has 142 valence electrons. The molecule has 1 aromatic rings. The Hall–Kier alpha value is -2.02. The largest absolute Gasteiger partial charge is 0.354 e. The number of carbonyl (C=O) groups excluding carboxylic acids is 2. The zero-order chi connectivity index (χ0) is 18.8. The second-order valence-corrected chi connectivity index (χ2v) is 7.30. The first-order chi connectivity index (χ1) is 12.4. The zero-order valence-electron chi connectivity index (χ0n) is 14.9. The molecule has 3 rings (SSSR count). The number of hydrogen-bond acceptors (Lipinski definition) is 3. The lowest BCUT2D eigenvalue weighted by Crippen LogP contribution is -2.45. The highest BCUT2D eigenvalue weighted by atomic mass is 19.2. The quantitative estimate of drug-likeness (QED) is 0.836. The third-order valence-electron chi connectivity index (χ3n) is 5.52. The highest BCUT2D eigenvalue weighted by Crippen LogP contribution is 2.37. The number of benzene rings is 1. The van der Waals surface area contributed by atoms with Gasteiger partial charge < -0.3 is 16.0 Å². The first-order valence-corrected chi connectivity index (χ1v) is 9.14. The van der Waals surface area contributed by atoms with E-state index in [0.717, 1.165) is 24.0 Å². The van der Waals surface area contributed by atoms with Gasteiger partial charge in [-0.2, -0.15) is 0 Å². The van der Waals surface area contributed by atoms with Crippen molar-refractivity contribution in [3.05, 3.63) is 34.9 Å². The van der Waals surface area contributed by atoms with Crippen LogP contribution in [0.3, 0.4) is 0 Å². The minimum absolute atomic E-state index is 0.000930. The smallest absolute Gasteiger partial charge is 0.224 e. The Kier molecular flexibility index (Phi) is 5.55. The minimum Gasteiger partial charge on any atom is -0.354 e. The van der Waals surface area contributed by atoms with Crippen LogP contribution in [0.25, 0.3) is 0 Å².